The summed E-state index contributed by atoms with van der Waals surface area (Å²) in [5.74, 6) is 0.434. The number of hydrogen-bond donors (Lipinski definition) is 1. The van der Waals surface area contributed by atoms with Crippen molar-refractivity contribution in [3.05, 3.63) is 88.9 Å². The van der Waals surface area contributed by atoms with Crippen molar-refractivity contribution in [1.82, 2.24) is 4.90 Å². The number of halogens is 1. The fourth-order valence-electron chi connectivity index (χ4n) is 3.45. The van der Waals surface area contributed by atoms with Crippen molar-refractivity contribution in [1.29, 1.82) is 0 Å². The quantitative estimate of drug-likeness (QED) is 0.615. The van der Waals surface area contributed by atoms with Crippen LogP contribution in [0.2, 0.25) is 5.02 Å². The van der Waals surface area contributed by atoms with E-state index in [2.05, 4.69) is 4.72 Å². The number of carbonyl (C=O) groups is 1. The Morgan fingerprint density at radius 1 is 1.06 bits per heavy atom. The van der Waals surface area contributed by atoms with Crippen LogP contribution in [0.15, 0.2) is 77.7 Å². The van der Waals surface area contributed by atoms with Crippen molar-refractivity contribution in [2.24, 2.45) is 0 Å². The minimum Gasteiger partial charge on any atom is -0.481 e. The van der Waals surface area contributed by atoms with Crippen LogP contribution < -0.4 is 9.46 Å². The average Bonchev–Trinajstić information content (AvgIpc) is 2.85. The van der Waals surface area contributed by atoms with Crippen molar-refractivity contribution in [2.45, 2.75) is 31.0 Å². The Bertz CT molecular complexity index is 1220. The maximum absolute atomic E-state index is 12.8. The number of fused-ring (bicyclic) bond motifs is 1. The first-order valence-corrected chi connectivity index (χ1v) is 11.6. The molecule has 3 aromatic carbocycles. The number of sulfonamides is 1. The second-order valence-electron chi connectivity index (χ2n) is 7.33. The minimum absolute atomic E-state index is 0.0701. The molecule has 1 heterocycles. The van der Waals surface area contributed by atoms with Crippen LogP contribution in [-0.4, -0.2) is 25.3 Å². The number of nitrogens with zero attached hydrogens (tertiary/aromatic N) is 1. The predicted molar refractivity (Wildman–Crippen MR) is 119 cm³/mol. The van der Waals surface area contributed by atoms with Crippen molar-refractivity contribution >= 4 is 33.2 Å². The van der Waals surface area contributed by atoms with Crippen molar-refractivity contribution < 1.29 is 17.9 Å². The molecule has 8 heteroatoms. The van der Waals surface area contributed by atoms with Gasteiger partial charge in [-0.25, -0.2) is 8.42 Å². The molecule has 3 aromatic rings. The topological polar surface area (TPSA) is 75.7 Å². The number of amides is 1. The number of anilines is 1. The summed E-state index contributed by atoms with van der Waals surface area (Å²) in [6, 6.07) is 20.7. The van der Waals surface area contributed by atoms with Gasteiger partial charge in [0, 0.05) is 29.4 Å². The molecule has 0 aliphatic carbocycles. The Morgan fingerprint density at radius 3 is 2.58 bits per heavy atom. The van der Waals surface area contributed by atoms with Crippen LogP contribution in [0.1, 0.15) is 18.1 Å². The molecule has 0 fully saturated rings. The molecule has 1 aliphatic heterocycles. The second kappa shape index (κ2) is 8.61. The molecule has 160 valence electrons. The number of benzene rings is 3. The minimum atomic E-state index is -3.81. The Balaban J connectivity index is 1.61. The van der Waals surface area contributed by atoms with Gasteiger partial charge in [-0.2, -0.15) is 0 Å². The van der Waals surface area contributed by atoms with Gasteiger partial charge >= 0.3 is 0 Å². The van der Waals surface area contributed by atoms with E-state index in [0.717, 1.165) is 11.1 Å². The third-order valence-corrected chi connectivity index (χ3v) is 6.57. The van der Waals surface area contributed by atoms with Gasteiger partial charge in [0.1, 0.15) is 5.75 Å². The number of hydrogen-bond acceptors (Lipinski definition) is 4. The van der Waals surface area contributed by atoms with E-state index in [-0.39, 0.29) is 10.8 Å². The zero-order valence-electron chi connectivity index (χ0n) is 16.8. The molecule has 4 rings (SSSR count). The molecule has 1 aliphatic rings. The molecule has 1 atom stereocenters. The lowest BCUT2D eigenvalue weighted by molar-refractivity contribution is -0.138. The van der Waals surface area contributed by atoms with Gasteiger partial charge in [-0.1, -0.05) is 48.0 Å². The summed E-state index contributed by atoms with van der Waals surface area (Å²) in [5.41, 5.74) is 2.10. The van der Waals surface area contributed by atoms with Crippen LogP contribution in [0.3, 0.4) is 0 Å². The average molecular weight is 457 g/mol. The van der Waals surface area contributed by atoms with Crippen molar-refractivity contribution in [2.75, 3.05) is 4.72 Å². The summed E-state index contributed by atoms with van der Waals surface area (Å²) in [6.07, 6.45) is -0.640. The summed E-state index contributed by atoms with van der Waals surface area (Å²) < 4.78 is 33.9. The maximum Gasteiger partial charge on any atom is 0.263 e. The van der Waals surface area contributed by atoms with E-state index < -0.39 is 16.1 Å². The van der Waals surface area contributed by atoms with E-state index in [1.807, 2.05) is 30.3 Å². The van der Waals surface area contributed by atoms with E-state index in [1.165, 1.54) is 12.1 Å². The van der Waals surface area contributed by atoms with E-state index >= 15 is 0 Å². The van der Waals surface area contributed by atoms with Gasteiger partial charge in [0.25, 0.3) is 15.9 Å². The van der Waals surface area contributed by atoms with Gasteiger partial charge < -0.3 is 9.64 Å². The van der Waals surface area contributed by atoms with E-state index in [4.69, 9.17) is 16.3 Å². The first kappa shape index (κ1) is 21.2. The first-order valence-electron chi connectivity index (χ1n) is 9.72. The van der Waals surface area contributed by atoms with Crippen LogP contribution in [0.25, 0.3) is 0 Å². The van der Waals surface area contributed by atoms with E-state index in [0.29, 0.717) is 29.5 Å². The molecule has 0 bridgehead atoms. The highest BCUT2D eigenvalue weighted by molar-refractivity contribution is 7.92. The smallest absolute Gasteiger partial charge is 0.263 e. The third-order valence-electron chi connectivity index (χ3n) is 4.96. The molecule has 6 nitrogen and oxygen atoms in total. The highest BCUT2D eigenvalue weighted by Crippen LogP contribution is 2.30. The summed E-state index contributed by atoms with van der Waals surface area (Å²) in [5, 5.41) is 0.335. The van der Waals surface area contributed by atoms with E-state index in [1.54, 1.807) is 42.2 Å². The molecule has 0 unspecified atom stereocenters. The molecule has 0 aromatic heterocycles. The molecular formula is C23H21ClN2O4S. The maximum atomic E-state index is 12.8. The zero-order chi connectivity index (χ0) is 22.0. The highest BCUT2D eigenvalue weighted by Gasteiger charge is 2.28. The summed E-state index contributed by atoms with van der Waals surface area (Å²) in [6.45, 7) is 2.45. The summed E-state index contributed by atoms with van der Waals surface area (Å²) in [4.78, 5) is 14.6. The molecule has 1 N–H and O–H groups in total. The lowest BCUT2D eigenvalue weighted by Gasteiger charge is -2.22. The molecule has 0 saturated heterocycles. The number of rotatable bonds is 5. The second-order valence-corrected chi connectivity index (χ2v) is 9.44. The van der Waals surface area contributed by atoms with Gasteiger partial charge in [0.15, 0.2) is 6.10 Å². The standard InChI is InChI=1S/C23H21ClN2O4S/c1-16-23(27)26(14-17-6-3-2-4-7-17)15-18-12-20(10-11-22(18)30-16)25-31(28,29)21-9-5-8-19(24)13-21/h2-13,16,25H,14-15H2,1H3/t16-/m0/s1. The zero-order valence-corrected chi connectivity index (χ0v) is 18.4. The summed E-state index contributed by atoms with van der Waals surface area (Å²) in [7, 11) is -3.81. The van der Waals surface area contributed by atoms with Crippen LogP contribution in [0.5, 0.6) is 5.75 Å². The molecule has 0 spiro atoms. The Morgan fingerprint density at radius 2 is 1.84 bits per heavy atom. The fraction of sp³-hybridized carbons (Fsp3) is 0.174. The normalized spacial score (nSPS) is 16.3. The Hall–Kier alpha value is -3.03. The highest BCUT2D eigenvalue weighted by atomic mass is 35.5. The fourth-order valence-corrected chi connectivity index (χ4v) is 4.80. The predicted octanol–water partition coefficient (Wildman–Crippen LogP) is 4.45. The van der Waals surface area contributed by atoms with Crippen LogP contribution in [0.4, 0.5) is 5.69 Å². The molecule has 0 saturated carbocycles. The number of carbonyl (C=O) groups excluding carboxylic acids is 1. The van der Waals surface area contributed by atoms with Gasteiger partial charge in [0.2, 0.25) is 0 Å². The largest absolute Gasteiger partial charge is 0.481 e. The van der Waals surface area contributed by atoms with Gasteiger partial charge in [-0.15, -0.1) is 0 Å². The number of ether oxygens (including phenoxy) is 1. The van der Waals surface area contributed by atoms with Crippen LogP contribution in [0, 0.1) is 0 Å². The molecule has 0 radical (unpaired) electrons. The Kier molecular flexibility index (Phi) is 5.89. The first-order chi connectivity index (χ1) is 14.8. The lowest BCUT2D eigenvalue weighted by Crippen LogP contribution is -2.37. The Labute approximate surface area is 186 Å². The molecule has 1 amide bonds. The van der Waals surface area contributed by atoms with Gasteiger partial charge in [-0.05, 0) is 48.9 Å². The van der Waals surface area contributed by atoms with Gasteiger partial charge in [-0.3, -0.25) is 9.52 Å². The van der Waals surface area contributed by atoms with Crippen LogP contribution >= 0.6 is 11.6 Å². The number of nitrogens with one attached hydrogen (secondary N) is 1. The van der Waals surface area contributed by atoms with Gasteiger partial charge in [0.05, 0.1) is 4.90 Å². The molecule has 31 heavy (non-hydrogen) atoms. The SMILES string of the molecule is C[C@@H]1Oc2ccc(NS(=O)(=O)c3cccc(Cl)c3)cc2CN(Cc2ccccc2)C1=O. The van der Waals surface area contributed by atoms with Crippen molar-refractivity contribution in [3.8, 4) is 5.75 Å². The van der Waals surface area contributed by atoms with Crippen molar-refractivity contribution in [3.63, 3.8) is 0 Å². The third kappa shape index (κ3) is 4.84. The van der Waals surface area contributed by atoms with E-state index in [9.17, 15) is 13.2 Å². The molecular weight excluding hydrogens is 436 g/mol. The lowest BCUT2D eigenvalue weighted by atomic mass is 10.1. The monoisotopic (exact) mass is 456 g/mol. The summed E-state index contributed by atoms with van der Waals surface area (Å²) >= 11 is 5.93. The van der Waals surface area contributed by atoms with Crippen LogP contribution in [-0.2, 0) is 27.9 Å².